The van der Waals surface area contributed by atoms with Crippen LogP contribution in [0.25, 0.3) is 0 Å². The average Bonchev–Trinajstić information content (AvgIpc) is 3.02. The maximum absolute atomic E-state index is 12.6. The van der Waals surface area contributed by atoms with E-state index in [-0.39, 0.29) is 17.1 Å². The maximum Gasteiger partial charge on any atom is 0.347 e. The third-order valence-electron chi connectivity index (χ3n) is 5.49. The van der Waals surface area contributed by atoms with Crippen LogP contribution in [0.1, 0.15) is 37.2 Å². The molecule has 34 heavy (non-hydrogen) atoms. The van der Waals surface area contributed by atoms with E-state index >= 15 is 0 Å². The number of carboxylic acid groups (broad SMARTS) is 1. The quantitative estimate of drug-likeness (QED) is 0.466. The van der Waals surface area contributed by atoms with Gasteiger partial charge in [0.2, 0.25) is 0 Å². The van der Waals surface area contributed by atoms with Gasteiger partial charge in [0, 0.05) is 19.7 Å². The Morgan fingerprint density at radius 3 is 2.18 bits per heavy atom. The minimum atomic E-state index is -3.27. The molecule has 3 rings (SSSR count). The third-order valence-corrected chi connectivity index (χ3v) is 6.62. The topological polar surface area (TPSA) is 120 Å². The summed E-state index contributed by atoms with van der Waals surface area (Å²) in [5.74, 6) is 0.121. The van der Waals surface area contributed by atoms with Gasteiger partial charge >= 0.3 is 11.7 Å². The van der Waals surface area contributed by atoms with Gasteiger partial charge < -0.3 is 9.84 Å². The summed E-state index contributed by atoms with van der Waals surface area (Å²) in [6.07, 6.45) is 3.29. The van der Waals surface area contributed by atoms with Gasteiger partial charge in [-0.3, -0.25) is 4.57 Å². The van der Waals surface area contributed by atoms with Crippen molar-refractivity contribution in [2.45, 2.75) is 50.2 Å². The second kappa shape index (κ2) is 9.84. The number of rotatable bonds is 10. The van der Waals surface area contributed by atoms with Gasteiger partial charge in [-0.05, 0) is 62.1 Å². The lowest BCUT2D eigenvalue weighted by Gasteiger charge is -2.21. The second-order valence-corrected chi connectivity index (χ2v) is 10.8. The van der Waals surface area contributed by atoms with Crippen molar-refractivity contribution in [1.82, 2.24) is 14.3 Å². The predicted octanol–water partition coefficient (Wildman–Crippen LogP) is 2.45. The molecule has 9 nitrogen and oxygen atoms in total. The number of benzene rings is 2. The molecule has 0 saturated heterocycles. The number of ether oxygens (including phenoxy) is 1. The summed E-state index contributed by atoms with van der Waals surface area (Å²) < 4.78 is 31.6. The Morgan fingerprint density at radius 1 is 1.03 bits per heavy atom. The highest BCUT2D eigenvalue weighted by atomic mass is 32.2. The molecule has 1 N–H and O–H groups in total. The van der Waals surface area contributed by atoms with E-state index in [1.807, 2.05) is 12.1 Å². The van der Waals surface area contributed by atoms with Crippen molar-refractivity contribution in [1.29, 1.82) is 0 Å². The standard InChI is InChI=1S/C24H29N3O6S/c1-24(2,22(28)29)33-19-12-8-17(9-13-19)6-5-7-21-25-27(23(30)26(21)3)16-18-10-14-20(15-11-18)34(4,31)32/h8-15H,5-7,16H2,1-4H3,(H,28,29). The molecule has 182 valence electrons. The van der Waals surface area contributed by atoms with Crippen LogP contribution in [0.3, 0.4) is 0 Å². The molecule has 0 spiro atoms. The first-order chi connectivity index (χ1) is 15.9. The van der Waals surface area contributed by atoms with Gasteiger partial charge in [0.1, 0.15) is 11.6 Å². The Kier molecular flexibility index (Phi) is 7.30. The molecule has 0 bridgehead atoms. The summed E-state index contributed by atoms with van der Waals surface area (Å²) in [6.45, 7) is 3.25. The monoisotopic (exact) mass is 487 g/mol. The predicted molar refractivity (Wildman–Crippen MR) is 127 cm³/mol. The highest BCUT2D eigenvalue weighted by Crippen LogP contribution is 2.20. The van der Waals surface area contributed by atoms with Gasteiger partial charge in [-0.1, -0.05) is 24.3 Å². The minimum Gasteiger partial charge on any atom is -0.478 e. The fourth-order valence-corrected chi connectivity index (χ4v) is 4.01. The van der Waals surface area contributed by atoms with Crippen LogP contribution in [0.5, 0.6) is 5.75 Å². The van der Waals surface area contributed by atoms with Crippen LogP contribution in [-0.4, -0.2) is 45.7 Å². The molecule has 0 aliphatic heterocycles. The molecule has 0 amide bonds. The summed E-state index contributed by atoms with van der Waals surface area (Å²) in [5, 5.41) is 13.6. The van der Waals surface area contributed by atoms with Gasteiger partial charge in [0.25, 0.3) is 0 Å². The summed E-state index contributed by atoms with van der Waals surface area (Å²) in [4.78, 5) is 24.0. The van der Waals surface area contributed by atoms with Gasteiger partial charge in [-0.15, -0.1) is 0 Å². The molecular formula is C24H29N3O6S. The van der Waals surface area contributed by atoms with Crippen molar-refractivity contribution in [2.24, 2.45) is 7.05 Å². The summed E-state index contributed by atoms with van der Waals surface area (Å²) in [5.41, 5.74) is 0.314. The molecule has 0 atom stereocenters. The molecule has 0 aliphatic carbocycles. The minimum absolute atomic E-state index is 0.232. The number of nitrogens with zero attached hydrogens (tertiary/aromatic N) is 3. The first kappa shape index (κ1) is 25.2. The van der Waals surface area contributed by atoms with Gasteiger partial charge in [-0.2, -0.15) is 5.10 Å². The summed E-state index contributed by atoms with van der Waals surface area (Å²) in [6, 6.07) is 13.7. The molecule has 1 heterocycles. The van der Waals surface area contributed by atoms with Crippen molar-refractivity contribution < 1.29 is 23.1 Å². The molecule has 0 aliphatic rings. The Hall–Kier alpha value is -3.40. The second-order valence-electron chi connectivity index (χ2n) is 8.75. The molecular weight excluding hydrogens is 458 g/mol. The molecule has 0 unspecified atom stereocenters. The van der Waals surface area contributed by atoms with Crippen molar-refractivity contribution in [3.05, 3.63) is 76.0 Å². The van der Waals surface area contributed by atoms with Crippen LogP contribution in [0, 0.1) is 0 Å². The van der Waals surface area contributed by atoms with Crippen molar-refractivity contribution in [3.63, 3.8) is 0 Å². The molecule has 2 aromatic carbocycles. The largest absolute Gasteiger partial charge is 0.478 e. The zero-order chi connectivity index (χ0) is 25.1. The van der Waals surface area contributed by atoms with Crippen LogP contribution in [0.15, 0.2) is 58.2 Å². The van der Waals surface area contributed by atoms with E-state index in [9.17, 15) is 18.0 Å². The van der Waals surface area contributed by atoms with E-state index in [0.29, 0.717) is 18.0 Å². The maximum atomic E-state index is 12.6. The average molecular weight is 488 g/mol. The molecule has 10 heteroatoms. The lowest BCUT2D eigenvalue weighted by Crippen LogP contribution is -2.37. The van der Waals surface area contributed by atoms with Gasteiger partial charge in [0.15, 0.2) is 15.4 Å². The van der Waals surface area contributed by atoms with E-state index in [4.69, 9.17) is 9.84 Å². The zero-order valence-corrected chi connectivity index (χ0v) is 20.5. The SMILES string of the molecule is Cn1c(CCCc2ccc(OC(C)(C)C(=O)O)cc2)nn(Cc2ccc(S(C)(=O)=O)cc2)c1=O. The number of hydrogen-bond donors (Lipinski definition) is 1. The number of hydrogen-bond acceptors (Lipinski definition) is 6. The Bertz CT molecular complexity index is 1320. The Balaban J connectivity index is 1.59. The van der Waals surface area contributed by atoms with Crippen LogP contribution in [-0.2, 0) is 41.1 Å². The first-order valence-corrected chi connectivity index (χ1v) is 12.7. The molecule has 0 saturated carbocycles. The number of aromatic nitrogens is 3. The first-order valence-electron chi connectivity index (χ1n) is 10.8. The summed E-state index contributed by atoms with van der Waals surface area (Å²) >= 11 is 0. The van der Waals surface area contributed by atoms with E-state index in [1.165, 1.54) is 35.2 Å². The van der Waals surface area contributed by atoms with E-state index in [2.05, 4.69) is 5.10 Å². The highest BCUT2D eigenvalue weighted by Gasteiger charge is 2.29. The van der Waals surface area contributed by atoms with Gasteiger partial charge in [0.05, 0.1) is 11.4 Å². The smallest absolute Gasteiger partial charge is 0.347 e. The number of sulfone groups is 1. The van der Waals surface area contributed by atoms with Gasteiger partial charge in [-0.25, -0.2) is 22.7 Å². The zero-order valence-electron chi connectivity index (χ0n) is 19.7. The van der Waals surface area contributed by atoms with E-state index in [0.717, 1.165) is 30.2 Å². The van der Waals surface area contributed by atoms with Crippen LogP contribution in [0.4, 0.5) is 0 Å². The fraction of sp³-hybridized carbons (Fsp3) is 0.375. The lowest BCUT2D eigenvalue weighted by molar-refractivity contribution is -0.152. The van der Waals surface area contributed by atoms with Crippen LogP contribution in [0.2, 0.25) is 0 Å². The van der Waals surface area contributed by atoms with Crippen molar-refractivity contribution >= 4 is 15.8 Å². The molecule has 1 aromatic heterocycles. The molecule has 3 aromatic rings. The van der Waals surface area contributed by atoms with Crippen molar-refractivity contribution in [3.8, 4) is 5.75 Å². The molecule has 0 radical (unpaired) electrons. The third kappa shape index (κ3) is 6.13. The van der Waals surface area contributed by atoms with E-state index in [1.54, 1.807) is 31.3 Å². The lowest BCUT2D eigenvalue weighted by atomic mass is 10.1. The summed E-state index contributed by atoms with van der Waals surface area (Å²) in [7, 11) is -1.58. The normalized spacial score (nSPS) is 12.0. The Morgan fingerprint density at radius 2 is 1.62 bits per heavy atom. The number of aryl methyl sites for hydroxylation is 2. The van der Waals surface area contributed by atoms with Crippen LogP contribution < -0.4 is 10.4 Å². The van der Waals surface area contributed by atoms with Crippen LogP contribution >= 0.6 is 0 Å². The molecule has 0 fully saturated rings. The number of carboxylic acids is 1. The Labute approximate surface area is 198 Å². The van der Waals surface area contributed by atoms with Crippen molar-refractivity contribution in [2.75, 3.05) is 6.26 Å². The number of carbonyl (C=O) groups is 1. The van der Waals surface area contributed by atoms with E-state index < -0.39 is 21.4 Å². The fourth-order valence-electron chi connectivity index (χ4n) is 3.38. The number of aliphatic carboxylic acids is 1. The highest BCUT2D eigenvalue weighted by molar-refractivity contribution is 7.90.